The first-order valence-corrected chi connectivity index (χ1v) is 8.89. The van der Waals surface area contributed by atoms with Crippen molar-refractivity contribution in [1.29, 1.82) is 0 Å². The number of rotatable bonds is 6. The zero-order valence-corrected chi connectivity index (χ0v) is 15.2. The smallest absolute Gasteiger partial charge is 0.242 e. The Balaban J connectivity index is 0.00000264. The minimum absolute atomic E-state index is 0. The van der Waals surface area contributed by atoms with Crippen molar-refractivity contribution >= 4 is 34.0 Å². The number of halogens is 3. The van der Waals surface area contributed by atoms with Crippen LogP contribution in [0.15, 0.2) is 23.1 Å². The van der Waals surface area contributed by atoms with Crippen molar-refractivity contribution in [2.45, 2.75) is 17.7 Å². The van der Waals surface area contributed by atoms with E-state index < -0.39 is 15.8 Å². The van der Waals surface area contributed by atoms with Crippen molar-refractivity contribution in [1.82, 2.24) is 10.0 Å². The first-order valence-electron chi connectivity index (χ1n) is 7.03. The summed E-state index contributed by atoms with van der Waals surface area (Å²) >= 11 is 5.84. The number of piperidine rings is 1. The van der Waals surface area contributed by atoms with Crippen LogP contribution < -0.4 is 10.0 Å². The molecule has 0 amide bonds. The Morgan fingerprint density at radius 1 is 1.39 bits per heavy atom. The van der Waals surface area contributed by atoms with Crippen molar-refractivity contribution < 1.29 is 17.5 Å². The summed E-state index contributed by atoms with van der Waals surface area (Å²) in [5.74, 6) is -0.571. The van der Waals surface area contributed by atoms with Gasteiger partial charge in [-0.15, -0.1) is 12.4 Å². The Kier molecular flexibility index (Phi) is 7.70. The molecule has 132 valence electrons. The van der Waals surface area contributed by atoms with Gasteiger partial charge in [0.15, 0.2) is 0 Å². The van der Waals surface area contributed by atoms with Gasteiger partial charge < -0.3 is 10.1 Å². The molecule has 0 unspecified atom stereocenters. The SMILES string of the molecule is COCC1(CNS(=O)(=O)c2ccc(F)cc2Cl)CCNCC1.Cl. The maximum atomic E-state index is 13.1. The summed E-state index contributed by atoms with van der Waals surface area (Å²) in [7, 11) is -2.18. The summed E-state index contributed by atoms with van der Waals surface area (Å²) in [5.41, 5.74) is -0.237. The molecule has 0 spiro atoms. The number of hydrogen-bond acceptors (Lipinski definition) is 4. The van der Waals surface area contributed by atoms with Crippen LogP contribution in [0.3, 0.4) is 0 Å². The minimum Gasteiger partial charge on any atom is -0.384 e. The number of benzene rings is 1. The molecule has 0 radical (unpaired) electrons. The molecular formula is C14H21Cl2FN2O3S. The lowest BCUT2D eigenvalue weighted by atomic mass is 9.80. The molecule has 1 aliphatic heterocycles. The molecule has 2 N–H and O–H groups in total. The van der Waals surface area contributed by atoms with Gasteiger partial charge in [-0.3, -0.25) is 0 Å². The summed E-state index contributed by atoms with van der Waals surface area (Å²) in [6, 6.07) is 3.24. The third kappa shape index (κ3) is 5.27. The highest BCUT2D eigenvalue weighted by Gasteiger charge is 2.34. The topological polar surface area (TPSA) is 67.4 Å². The Bertz CT molecular complexity index is 617. The van der Waals surface area contributed by atoms with Crippen LogP contribution >= 0.6 is 24.0 Å². The van der Waals surface area contributed by atoms with E-state index in [1.165, 1.54) is 6.07 Å². The molecular weight excluding hydrogens is 366 g/mol. The zero-order chi connectivity index (χ0) is 16.2. The summed E-state index contributed by atoms with van der Waals surface area (Å²) < 4.78 is 45.7. The van der Waals surface area contributed by atoms with Gasteiger partial charge in [0.25, 0.3) is 0 Å². The maximum absolute atomic E-state index is 13.1. The second-order valence-electron chi connectivity index (χ2n) is 5.58. The van der Waals surface area contributed by atoms with Gasteiger partial charge in [-0.1, -0.05) is 11.6 Å². The maximum Gasteiger partial charge on any atom is 0.242 e. The molecule has 1 aromatic rings. The molecule has 0 aromatic heterocycles. The molecule has 23 heavy (non-hydrogen) atoms. The summed E-state index contributed by atoms with van der Waals surface area (Å²) in [5, 5.41) is 3.12. The van der Waals surface area contributed by atoms with Gasteiger partial charge in [0.05, 0.1) is 11.6 Å². The Hall–Kier alpha value is -0.440. The van der Waals surface area contributed by atoms with Crippen LogP contribution in [-0.4, -0.2) is 41.8 Å². The minimum atomic E-state index is -3.79. The van der Waals surface area contributed by atoms with Gasteiger partial charge in [0.1, 0.15) is 10.7 Å². The fourth-order valence-corrected chi connectivity index (χ4v) is 4.34. The number of sulfonamides is 1. The van der Waals surface area contributed by atoms with Crippen LogP contribution in [0.25, 0.3) is 0 Å². The molecule has 0 saturated carbocycles. The molecule has 1 fully saturated rings. The van der Waals surface area contributed by atoms with Gasteiger partial charge in [-0.2, -0.15) is 0 Å². The largest absolute Gasteiger partial charge is 0.384 e. The van der Waals surface area contributed by atoms with Crippen LogP contribution in [0.4, 0.5) is 4.39 Å². The molecule has 1 heterocycles. The molecule has 1 aliphatic rings. The third-order valence-electron chi connectivity index (χ3n) is 3.94. The summed E-state index contributed by atoms with van der Waals surface area (Å²) in [4.78, 5) is -0.114. The Labute approximate surface area is 147 Å². The van der Waals surface area contributed by atoms with Gasteiger partial charge in [-0.05, 0) is 44.1 Å². The van der Waals surface area contributed by atoms with E-state index in [2.05, 4.69) is 10.0 Å². The van der Waals surface area contributed by atoms with E-state index in [1.807, 2.05) is 0 Å². The van der Waals surface area contributed by atoms with Crippen LogP contribution in [0.2, 0.25) is 5.02 Å². The van der Waals surface area contributed by atoms with E-state index in [0.717, 1.165) is 38.1 Å². The standard InChI is InChI=1S/C14H20ClFN2O3S.ClH/c1-21-10-14(4-6-17-7-5-14)9-18-22(19,20)13-3-2-11(16)8-12(13)15;/h2-3,8,17-18H,4-7,9-10H2,1H3;1H. The fourth-order valence-electron chi connectivity index (χ4n) is 2.65. The Morgan fingerprint density at radius 3 is 2.61 bits per heavy atom. The molecule has 0 atom stereocenters. The highest BCUT2D eigenvalue weighted by Crippen LogP contribution is 2.29. The predicted molar refractivity (Wildman–Crippen MR) is 90.3 cm³/mol. The zero-order valence-electron chi connectivity index (χ0n) is 12.8. The molecule has 1 saturated heterocycles. The van der Waals surface area contributed by atoms with Crippen molar-refractivity contribution in [2.24, 2.45) is 5.41 Å². The Morgan fingerprint density at radius 2 is 2.04 bits per heavy atom. The molecule has 0 bridgehead atoms. The van der Waals surface area contributed by atoms with E-state index in [9.17, 15) is 12.8 Å². The van der Waals surface area contributed by atoms with Crippen molar-refractivity contribution in [3.63, 3.8) is 0 Å². The van der Waals surface area contributed by atoms with Crippen LogP contribution in [-0.2, 0) is 14.8 Å². The van der Waals surface area contributed by atoms with Crippen LogP contribution in [0.5, 0.6) is 0 Å². The lowest BCUT2D eigenvalue weighted by Gasteiger charge is -2.37. The molecule has 9 heteroatoms. The summed E-state index contributed by atoms with van der Waals surface area (Å²) in [6.45, 7) is 2.39. The highest BCUT2D eigenvalue weighted by atomic mass is 35.5. The molecule has 5 nitrogen and oxygen atoms in total. The van der Waals surface area contributed by atoms with Gasteiger partial charge in [-0.25, -0.2) is 17.5 Å². The molecule has 1 aromatic carbocycles. The van der Waals surface area contributed by atoms with Gasteiger partial charge in [0, 0.05) is 19.1 Å². The first-order chi connectivity index (χ1) is 10.4. The monoisotopic (exact) mass is 386 g/mol. The highest BCUT2D eigenvalue weighted by molar-refractivity contribution is 7.89. The normalized spacial score (nSPS) is 17.5. The van der Waals surface area contributed by atoms with Gasteiger partial charge in [0.2, 0.25) is 10.0 Å². The molecule has 2 rings (SSSR count). The van der Waals surface area contributed by atoms with E-state index in [4.69, 9.17) is 16.3 Å². The fraction of sp³-hybridized carbons (Fsp3) is 0.571. The lowest BCUT2D eigenvalue weighted by Crippen LogP contribution is -2.47. The van der Waals surface area contributed by atoms with Crippen LogP contribution in [0.1, 0.15) is 12.8 Å². The average molecular weight is 387 g/mol. The second-order valence-corrected chi connectivity index (χ2v) is 7.72. The number of ether oxygens (including phenoxy) is 1. The van der Waals surface area contributed by atoms with Crippen molar-refractivity contribution in [2.75, 3.05) is 33.4 Å². The van der Waals surface area contributed by atoms with E-state index >= 15 is 0 Å². The van der Waals surface area contributed by atoms with E-state index in [1.54, 1.807) is 7.11 Å². The summed E-state index contributed by atoms with van der Waals surface area (Å²) in [6.07, 6.45) is 1.64. The first kappa shape index (κ1) is 20.6. The van der Waals surface area contributed by atoms with E-state index in [0.29, 0.717) is 6.61 Å². The number of nitrogens with one attached hydrogen (secondary N) is 2. The predicted octanol–water partition coefficient (Wildman–Crippen LogP) is 2.20. The van der Waals surface area contributed by atoms with Crippen LogP contribution in [0, 0.1) is 11.2 Å². The second kappa shape index (κ2) is 8.60. The number of methoxy groups -OCH3 is 1. The lowest BCUT2D eigenvalue weighted by molar-refractivity contribution is 0.0577. The van der Waals surface area contributed by atoms with Crippen molar-refractivity contribution in [3.05, 3.63) is 29.0 Å². The average Bonchev–Trinajstić information content (AvgIpc) is 2.46. The van der Waals surface area contributed by atoms with Gasteiger partial charge >= 0.3 is 0 Å². The third-order valence-corrected chi connectivity index (χ3v) is 5.82. The van der Waals surface area contributed by atoms with Crippen molar-refractivity contribution in [3.8, 4) is 0 Å². The molecule has 0 aliphatic carbocycles. The van der Waals surface area contributed by atoms with E-state index in [-0.39, 0.29) is 34.3 Å². The number of hydrogen-bond donors (Lipinski definition) is 2. The quantitative estimate of drug-likeness (QED) is 0.786.